The van der Waals surface area contributed by atoms with Crippen LogP contribution in [0.2, 0.25) is 0 Å². The summed E-state index contributed by atoms with van der Waals surface area (Å²) in [4.78, 5) is 35.1. The zero-order valence-electron chi connectivity index (χ0n) is 21.8. The van der Waals surface area contributed by atoms with Crippen LogP contribution < -0.4 is 19.8 Å². The van der Waals surface area contributed by atoms with E-state index in [0.717, 1.165) is 20.6 Å². The highest BCUT2D eigenvalue weighted by Gasteiger charge is 2.33. The lowest BCUT2D eigenvalue weighted by Gasteiger charge is -2.25. The molecule has 0 fully saturated rings. The fourth-order valence-corrected chi connectivity index (χ4v) is 6.67. The first kappa shape index (κ1) is 27.2. The first-order valence-electron chi connectivity index (χ1n) is 12.3. The zero-order chi connectivity index (χ0) is 27.7. The quantitative estimate of drug-likeness (QED) is 0.258. The summed E-state index contributed by atoms with van der Waals surface area (Å²) in [5, 5.41) is 0.694. The van der Waals surface area contributed by atoms with Crippen molar-refractivity contribution in [2.75, 3.05) is 25.6 Å². The van der Waals surface area contributed by atoms with Crippen molar-refractivity contribution in [3.05, 3.63) is 107 Å². The number of anilines is 1. The molecule has 1 aliphatic heterocycles. The standard InChI is InChI=1S/C29H26BrN3O4S2/c1-5-36-27(35)24-17(2)31-29-33(25(24)18-11-13-19(14-12-18)32(3)4)26(34)23(39-29)16-20-15-22(30)28(37-20)38-21-9-7-6-8-10-21/h6-16,25H,5H2,1-4H3/b23-16+/t25-/m0/s1. The molecule has 0 amide bonds. The number of halogens is 1. The molecule has 2 aromatic carbocycles. The molecule has 0 bridgehead atoms. The second kappa shape index (κ2) is 11.4. The third-order valence-corrected chi connectivity index (χ3v) is 8.97. The number of hydrogen-bond acceptors (Lipinski definition) is 8. The lowest BCUT2D eigenvalue weighted by Crippen LogP contribution is -2.39. The highest BCUT2D eigenvalue weighted by molar-refractivity contribution is 9.10. The van der Waals surface area contributed by atoms with Crippen LogP contribution in [0.4, 0.5) is 5.69 Å². The minimum Gasteiger partial charge on any atom is -0.463 e. The Balaban J connectivity index is 1.61. The van der Waals surface area contributed by atoms with Crippen molar-refractivity contribution in [1.82, 2.24) is 4.57 Å². The molecular formula is C29H26BrN3O4S2. The first-order valence-corrected chi connectivity index (χ1v) is 14.7. The van der Waals surface area contributed by atoms with Gasteiger partial charge in [-0.1, -0.05) is 53.4 Å². The van der Waals surface area contributed by atoms with E-state index in [1.807, 2.05) is 79.7 Å². The van der Waals surface area contributed by atoms with Crippen molar-refractivity contribution in [2.45, 2.75) is 29.9 Å². The smallest absolute Gasteiger partial charge is 0.338 e. The van der Waals surface area contributed by atoms with E-state index < -0.39 is 12.0 Å². The Labute approximate surface area is 242 Å². The van der Waals surface area contributed by atoms with Gasteiger partial charge in [0.1, 0.15) is 5.76 Å². The van der Waals surface area contributed by atoms with Crippen LogP contribution in [0.1, 0.15) is 31.2 Å². The van der Waals surface area contributed by atoms with Gasteiger partial charge in [-0.2, -0.15) is 0 Å². The van der Waals surface area contributed by atoms with E-state index in [2.05, 4.69) is 20.9 Å². The van der Waals surface area contributed by atoms with Gasteiger partial charge in [0.25, 0.3) is 5.56 Å². The number of esters is 1. The molecule has 0 N–H and O–H groups in total. The zero-order valence-corrected chi connectivity index (χ0v) is 25.0. The number of ether oxygens (including phenoxy) is 1. The maximum Gasteiger partial charge on any atom is 0.338 e. The molecule has 0 radical (unpaired) electrons. The second-order valence-corrected chi connectivity index (χ2v) is 11.9. The van der Waals surface area contributed by atoms with Gasteiger partial charge in [-0.05, 0) is 65.7 Å². The third kappa shape index (κ3) is 5.54. The summed E-state index contributed by atoms with van der Waals surface area (Å²) in [6.07, 6.45) is 1.72. The fourth-order valence-electron chi connectivity index (χ4n) is 4.30. The van der Waals surface area contributed by atoms with E-state index in [0.29, 0.717) is 31.5 Å². The van der Waals surface area contributed by atoms with Gasteiger partial charge in [0.15, 0.2) is 9.89 Å². The molecule has 1 atom stereocenters. The number of furan rings is 1. The molecule has 2 aromatic heterocycles. The number of allylic oxidation sites excluding steroid dienone is 1. The van der Waals surface area contributed by atoms with Crippen LogP contribution in [-0.4, -0.2) is 31.2 Å². The molecule has 0 saturated heterocycles. The molecule has 5 rings (SSSR count). The maximum atomic E-state index is 13.8. The number of benzene rings is 2. The van der Waals surface area contributed by atoms with Gasteiger partial charge in [0.05, 0.1) is 32.9 Å². The number of thiazole rings is 1. The molecule has 3 heterocycles. The summed E-state index contributed by atoms with van der Waals surface area (Å²) in [6, 6.07) is 18.9. The van der Waals surface area contributed by atoms with Crippen molar-refractivity contribution in [2.24, 2.45) is 4.99 Å². The molecule has 4 aromatic rings. The number of aromatic nitrogens is 1. The van der Waals surface area contributed by atoms with Crippen molar-refractivity contribution in [3.8, 4) is 0 Å². The topological polar surface area (TPSA) is 77.0 Å². The normalized spacial score (nSPS) is 15.2. The Morgan fingerprint density at radius 3 is 2.59 bits per heavy atom. The monoisotopic (exact) mass is 623 g/mol. The molecular weight excluding hydrogens is 598 g/mol. The predicted octanol–water partition coefficient (Wildman–Crippen LogP) is 5.37. The van der Waals surface area contributed by atoms with Crippen LogP contribution in [0.5, 0.6) is 0 Å². The number of carbonyl (C=O) groups excluding carboxylic acids is 1. The summed E-state index contributed by atoms with van der Waals surface area (Å²) < 4.78 is 14.3. The number of carbonyl (C=O) groups is 1. The van der Waals surface area contributed by atoms with Gasteiger partial charge in [-0.25, -0.2) is 9.79 Å². The Morgan fingerprint density at radius 2 is 1.92 bits per heavy atom. The Morgan fingerprint density at radius 1 is 1.21 bits per heavy atom. The third-order valence-electron chi connectivity index (χ3n) is 6.14. The second-order valence-electron chi connectivity index (χ2n) is 8.99. The first-order chi connectivity index (χ1) is 18.8. The van der Waals surface area contributed by atoms with Gasteiger partial charge < -0.3 is 14.1 Å². The van der Waals surface area contributed by atoms with Crippen LogP contribution in [0.15, 0.2) is 101 Å². The molecule has 7 nitrogen and oxygen atoms in total. The van der Waals surface area contributed by atoms with Crippen LogP contribution in [-0.2, 0) is 9.53 Å². The Kier molecular flexibility index (Phi) is 7.97. The van der Waals surface area contributed by atoms with Gasteiger partial charge in [0, 0.05) is 30.8 Å². The molecule has 1 aliphatic rings. The van der Waals surface area contributed by atoms with Crippen LogP contribution >= 0.6 is 39.0 Å². The van der Waals surface area contributed by atoms with Crippen LogP contribution in [0.25, 0.3) is 6.08 Å². The fraction of sp³-hybridized carbons (Fsp3) is 0.207. The number of nitrogens with zero attached hydrogens (tertiary/aromatic N) is 3. The lowest BCUT2D eigenvalue weighted by molar-refractivity contribution is -0.139. The van der Waals surface area contributed by atoms with E-state index in [-0.39, 0.29) is 12.2 Å². The molecule has 0 saturated carbocycles. The highest BCUT2D eigenvalue weighted by atomic mass is 79.9. The summed E-state index contributed by atoms with van der Waals surface area (Å²) in [5.41, 5.74) is 2.45. The van der Waals surface area contributed by atoms with Crippen LogP contribution in [0, 0.1) is 0 Å². The van der Waals surface area contributed by atoms with E-state index in [1.165, 1.54) is 23.1 Å². The van der Waals surface area contributed by atoms with E-state index >= 15 is 0 Å². The minimum atomic E-state index is -0.661. The largest absolute Gasteiger partial charge is 0.463 e. The minimum absolute atomic E-state index is 0.225. The molecule has 10 heteroatoms. The summed E-state index contributed by atoms with van der Waals surface area (Å²) in [7, 11) is 3.92. The van der Waals surface area contributed by atoms with Crippen LogP contribution in [0.3, 0.4) is 0 Å². The van der Waals surface area contributed by atoms with Gasteiger partial charge in [-0.3, -0.25) is 9.36 Å². The number of fused-ring (bicyclic) bond motifs is 1. The molecule has 39 heavy (non-hydrogen) atoms. The average molecular weight is 625 g/mol. The molecule has 0 aliphatic carbocycles. The molecule has 0 unspecified atom stereocenters. The SMILES string of the molecule is CCOC(=O)C1=C(C)N=c2s/c(=C/c3cc(Br)c(Sc4ccccc4)o3)c(=O)n2[C@H]1c1ccc(N(C)C)cc1. The maximum absolute atomic E-state index is 13.8. The number of rotatable bonds is 7. The van der Waals surface area contributed by atoms with Crippen molar-refractivity contribution >= 4 is 56.8 Å². The van der Waals surface area contributed by atoms with Gasteiger partial charge >= 0.3 is 5.97 Å². The Hall–Kier alpha value is -3.34. The van der Waals surface area contributed by atoms with E-state index in [9.17, 15) is 9.59 Å². The lowest BCUT2D eigenvalue weighted by atomic mass is 9.95. The van der Waals surface area contributed by atoms with Gasteiger partial charge in [-0.15, -0.1) is 0 Å². The van der Waals surface area contributed by atoms with E-state index in [1.54, 1.807) is 24.5 Å². The van der Waals surface area contributed by atoms with E-state index in [4.69, 9.17) is 9.15 Å². The van der Waals surface area contributed by atoms with Crippen molar-refractivity contribution < 1.29 is 13.9 Å². The Bertz CT molecular complexity index is 1740. The predicted molar refractivity (Wildman–Crippen MR) is 158 cm³/mol. The van der Waals surface area contributed by atoms with Crippen molar-refractivity contribution in [1.29, 1.82) is 0 Å². The average Bonchev–Trinajstić information content (AvgIpc) is 3.41. The summed E-state index contributed by atoms with van der Waals surface area (Å²) >= 11 is 6.33. The number of hydrogen-bond donors (Lipinski definition) is 0. The molecule has 200 valence electrons. The molecule has 0 spiro atoms. The van der Waals surface area contributed by atoms with Gasteiger partial charge in [0.2, 0.25) is 0 Å². The van der Waals surface area contributed by atoms with Crippen molar-refractivity contribution in [3.63, 3.8) is 0 Å². The highest BCUT2D eigenvalue weighted by Crippen LogP contribution is 2.36. The summed E-state index contributed by atoms with van der Waals surface area (Å²) in [5.74, 6) is 0.0612. The summed E-state index contributed by atoms with van der Waals surface area (Å²) in [6.45, 7) is 3.76.